The molecule has 1 heterocycles. The summed E-state index contributed by atoms with van der Waals surface area (Å²) in [5.74, 6) is 2.01. The van der Waals surface area contributed by atoms with Crippen molar-refractivity contribution in [1.29, 1.82) is 0 Å². The summed E-state index contributed by atoms with van der Waals surface area (Å²) in [5.41, 5.74) is 0. The van der Waals surface area contributed by atoms with Gasteiger partial charge >= 0.3 is 0 Å². The molecule has 0 saturated heterocycles. The summed E-state index contributed by atoms with van der Waals surface area (Å²) in [7, 11) is -3.42. The lowest BCUT2D eigenvalue weighted by atomic mass is 9.99. The zero-order valence-corrected chi connectivity index (χ0v) is 12.2. The highest BCUT2D eigenvalue weighted by Gasteiger charge is 2.41. The van der Waals surface area contributed by atoms with Gasteiger partial charge in [-0.05, 0) is 43.4 Å². The van der Waals surface area contributed by atoms with Gasteiger partial charge < -0.3 is 0 Å². The number of aromatic nitrogens is 1. The van der Waals surface area contributed by atoms with Crippen molar-refractivity contribution in [2.24, 2.45) is 17.8 Å². The molecule has 1 N–H and O–H groups in total. The van der Waals surface area contributed by atoms with Crippen LogP contribution in [0, 0.1) is 17.8 Å². The Morgan fingerprint density at radius 3 is 2.44 bits per heavy atom. The first-order valence-corrected chi connectivity index (χ1v) is 8.85. The van der Waals surface area contributed by atoms with Gasteiger partial charge in [-0.2, -0.15) is 0 Å². The quantitative estimate of drug-likeness (QED) is 0.878. The molecule has 1 aromatic heterocycles. The SMILES string of the molecule is O=S(=O)(NCC(C1CC1)C1CC1)c1cnc(Cl)s1. The van der Waals surface area contributed by atoms with Crippen molar-refractivity contribution in [2.75, 3.05) is 6.54 Å². The van der Waals surface area contributed by atoms with Crippen LogP contribution in [0.2, 0.25) is 4.47 Å². The molecule has 0 spiro atoms. The van der Waals surface area contributed by atoms with E-state index in [0.717, 1.165) is 23.2 Å². The van der Waals surface area contributed by atoms with Crippen molar-refractivity contribution >= 4 is 33.0 Å². The summed E-state index contributed by atoms with van der Waals surface area (Å²) in [6.07, 6.45) is 6.35. The zero-order valence-electron chi connectivity index (χ0n) is 9.80. The van der Waals surface area contributed by atoms with Gasteiger partial charge in [0.2, 0.25) is 0 Å². The number of rotatable bonds is 6. The molecule has 2 aliphatic carbocycles. The number of hydrogen-bond donors (Lipinski definition) is 1. The van der Waals surface area contributed by atoms with Crippen molar-refractivity contribution in [3.63, 3.8) is 0 Å². The fourth-order valence-electron chi connectivity index (χ4n) is 2.41. The van der Waals surface area contributed by atoms with Crippen LogP contribution >= 0.6 is 22.9 Å². The highest BCUT2D eigenvalue weighted by molar-refractivity contribution is 7.91. The van der Waals surface area contributed by atoms with E-state index >= 15 is 0 Å². The zero-order chi connectivity index (χ0) is 12.8. The Balaban J connectivity index is 1.64. The van der Waals surface area contributed by atoms with E-state index in [2.05, 4.69) is 9.71 Å². The van der Waals surface area contributed by atoms with E-state index < -0.39 is 10.0 Å². The molecule has 0 bridgehead atoms. The predicted octanol–water partition coefficient (Wildman–Crippen LogP) is 2.51. The minimum atomic E-state index is -3.42. The van der Waals surface area contributed by atoms with Crippen LogP contribution in [0.5, 0.6) is 0 Å². The molecule has 4 nitrogen and oxygen atoms in total. The topological polar surface area (TPSA) is 59.1 Å². The largest absolute Gasteiger partial charge is 0.251 e. The fraction of sp³-hybridized carbons (Fsp3) is 0.727. The minimum Gasteiger partial charge on any atom is -0.232 e. The summed E-state index contributed by atoms with van der Waals surface area (Å²) >= 11 is 6.66. The third-order valence-electron chi connectivity index (χ3n) is 3.69. The first-order chi connectivity index (χ1) is 8.56. The number of sulfonamides is 1. The number of nitrogens with zero attached hydrogens (tertiary/aromatic N) is 1. The Morgan fingerprint density at radius 1 is 1.39 bits per heavy atom. The predicted molar refractivity (Wildman–Crippen MR) is 71.3 cm³/mol. The minimum absolute atomic E-state index is 0.206. The summed E-state index contributed by atoms with van der Waals surface area (Å²) in [6, 6.07) is 0. The number of hydrogen-bond acceptors (Lipinski definition) is 4. The lowest BCUT2D eigenvalue weighted by Gasteiger charge is -2.15. The number of thiazole rings is 1. The third-order valence-corrected chi connectivity index (χ3v) is 6.68. The van der Waals surface area contributed by atoms with E-state index in [4.69, 9.17) is 11.6 Å². The van der Waals surface area contributed by atoms with Crippen molar-refractivity contribution in [2.45, 2.75) is 29.9 Å². The maximum Gasteiger partial charge on any atom is 0.251 e. The average Bonchev–Trinajstić information content (AvgIpc) is 3.21. The molecule has 100 valence electrons. The van der Waals surface area contributed by atoms with Crippen molar-refractivity contribution in [1.82, 2.24) is 9.71 Å². The molecule has 0 amide bonds. The molecule has 2 saturated carbocycles. The van der Waals surface area contributed by atoms with Gasteiger partial charge in [0, 0.05) is 6.54 Å². The van der Waals surface area contributed by atoms with Gasteiger partial charge in [-0.3, -0.25) is 0 Å². The van der Waals surface area contributed by atoms with Gasteiger partial charge in [-0.15, -0.1) is 0 Å². The Bertz CT molecular complexity index is 523. The van der Waals surface area contributed by atoms with Crippen molar-refractivity contribution in [3.05, 3.63) is 10.7 Å². The standard InChI is InChI=1S/C11H15ClN2O2S2/c12-11-13-6-10(17-11)18(15,16)14-5-9(7-1-2-7)8-3-4-8/h6-9,14H,1-5H2. The van der Waals surface area contributed by atoms with Gasteiger partial charge in [0.25, 0.3) is 10.0 Å². The average molecular weight is 307 g/mol. The Morgan fingerprint density at radius 2 is 2.00 bits per heavy atom. The highest BCUT2D eigenvalue weighted by atomic mass is 35.5. The lowest BCUT2D eigenvalue weighted by Crippen LogP contribution is -2.30. The first kappa shape index (κ1) is 12.8. The van der Waals surface area contributed by atoms with Gasteiger partial charge in [-0.25, -0.2) is 18.1 Å². The first-order valence-electron chi connectivity index (χ1n) is 6.17. The fourth-order valence-corrected chi connectivity index (χ4v) is 4.82. The van der Waals surface area contributed by atoms with Crippen LogP contribution < -0.4 is 4.72 Å². The van der Waals surface area contributed by atoms with Crippen LogP contribution in [-0.4, -0.2) is 19.9 Å². The maximum absolute atomic E-state index is 12.0. The lowest BCUT2D eigenvalue weighted by molar-refractivity contribution is 0.402. The van der Waals surface area contributed by atoms with Crippen LogP contribution in [0.3, 0.4) is 0 Å². The van der Waals surface area contributed by atoms with Crippen LogP contribution in [0.15, 0.2) is 10.4 Å². The molecule has 0 radical (unpaired) electrons. The maximum atomic E-state index is 12.0. The van der Waals surface area contributed by atoms with Gasteiger partial charge in [-0.1, -0.05) is 22.9 Å². The molecule has 7 heteroatoms. The number of halogens is 1. The third kappa shape index (κ3) is 2.87. The molecular formula is C11H15ClN2O2S2. The van der Waals surface area contributed by atoms with E-state index in [-0.39, 0.29) is 8.68 Å². The van der Waals surface area contributed by atoms with Crippen LogP contribution in [0.25, 0.3) is 0 Å². The van der Waals surface area contributed by atoms with E-state index in [1.165, 1.54) is 31.9 Å². The summed E-state index contributed by atoms with van der Waals surface area (Å²) in [6.45, 7) is 0.563. The second kappa shape index (κ2) is 4.74. The van der Waals surface area contributed by atoms with Crippen LogP contribution in [0.1, 0.15) is 25.7 Å². The van der Waals surface area contributed by atoms with E-state index in [0.29, 0.717) is 12.5 Å². The molecular weight excluding hydrogens is 292 g/mol. The van der Waals surface area contributed by atoms with E-state index in [1.54, 1.807) is 0 Å². The summed E-state index contributed by atoms with van der Waals surface area (Å²) in [5, 5.41) is 0. The molecule has 0 aromatic carbocycles. The monoisotopic (exact) mass is 306 g/mol. The molecule has 2 aliphatic rings. The highest BCUT2D eigenvalue weighted by Crippen LogP contribution is 2.48. The second-order valence-corrected chi connectivity index (χ2v) is 8.73. The van der Waals surface area contributed by atoms with Crippen molar-refractivity contribution < 1.29 is 8.42 Å². The van der Waals surface area contributed by atoms with Crippen molar-refractivity contribution in [3.8, 4) is 0 Å². The van der Waals surface area contributed by atoms with Gasteiger partial charge in [0.15, 0.2) is 8.68 Å². The van der Waals surface area contributed by atoms with Crippen LogP contribution in [0.4, 0.5) is 0 Å². The smallest absolute Gasteiger partial charge is 0.232 e. The summed E-state index contributed by atoms with van der Waals surface area (Å²) in [4.78, 5) is 3.77. The molecule has 3 rings (SSSR count). The van der Waals surface area contributed by atoms with Gasteiger partial charge in [0.05, 0.1) is 6.20 Å². The Labute approximate surface area is 116 Å². The van der Waals surface area contributed by atoms with Crippen LogP contribution in [-0.2, 0) is 10.0 Å². The molecule has 1 aromatic rings. The molecule has 18 heavy (non-hydrogen) atoms. The molecule has 0 unspecified atom stereocenters. The Hall–Kier alpha value is -0.170. The molecule has 0 aliphatic heterocycles. The normalized spacial score (nSPS) is 20.6. The molecule has 0 atom stereocenters. The van der Waals surface area contributed by atoms with Gasteiger partial charge in [0.1, 0.15) is 0 Å². The summed E-state index contributed by atoms with van der Waals surface area (Å²) < 4.78 is 27.3. The second-order valence-electron chi connectivity index (χ2n) is 5.12. The Kier molecular flexibility index (Phi) is 3.38. The number of nitrogens with one attached hydrogen (secondary N) is 1. The molecule has 2 fully saturated rings. The van der Waals surface area contributed by atoms with E-state index in [9.17, 15) is 8.42 Å². The van der Waals surface area contributed by atoms with E-state index in [1.807, 2.05) is 0 Å².